The minimum absolute atomic E-state index is 0.318. The number of benzene rings is 4. The summed E-state index contributed by atoms with van der Waals surface area (Å²) in [6, 6.07) is 30.1. The second-order valence-electron chi connectivity index (χ2n) is 10.9. The summed E-state index contributed by atoms with van der Waals surface area (Å²) in [6.07, 6.45) is 22.3. The maximum absolute atomic E-state index is 6.28. The predicted octanol–water partition coefficient (Wildman–Crippen LogP) is 11.0. The van der Waals surface area contributed by atoms with Crippen LogP contribution in [0.15, 0.2) is 161 Å². The van der Waals surface area contributed by atoms with Crippen molar-refractivity contribution in [2.75, 3.05) is 0 Å². The summed E-state index contributed by atoms with van der Waals surface area (Å²) in [7, 11) is 0. The van der Waals surface area contributed by atoms with E-state index in [2.05, 4.69) is 160 Å². The van der Waals surface area contributed by atoms with Crippen LogP contribution in [-0.4, -0.2) is 0 Å². The first kappa shape index (κ1) is 25.1. The van der Waals surface area contributed by atoms with Crippen LogP contribution >= 0.6 is 0 Å². The van der Waals surface area contributed by atoms with E-state index < -0.39 is 0 Å². The molecule has 2 atom stereocenters. The molecule has 7 rings (SSSR count). The van der Waals surface area contributed by atoms with Crippen molar-refractivity contribution in [2.24, 2.45) is 11.8 Å². The third kappa shape index (κ3) is 4.64. The molecule has 0 fully saturated rings. The zero-order valence-corrected chi connectivity index (χ0v) is 23.4. The molecule has 0 bridgehead atoms. The quantitative estimate of drug-likeness (QED) is 0.226. The van der Waals surface area contributed by atoms with Crippen molar-refractivity contribution in [2.45, 2.75) is 13.8 Å². The first-order valence-electron chi connectivity index (χ1n) is 14.4. The summed E-state index contributed by atoms with van der Waals surface area (Å²) in [4.78, 5) is 0. The normalized spacial score (nSPS) is 21.0. The van der Waals surface area contributed by atoms with Gasteiger partial charge in [0.15, 0.2) is 0 Å². The number of fused-ring (bicyclic) bond motifs is 5. The molecule has 1 nitrogen and oxygen atoms in total. The van der Waals surface area contributed by atoms with Crippen LogP contribution in [0.3, 0.4) is 0 Å². The highest BCUT2D eigenvalue weighted by Gasteiger charge is 2.31. The lowest BCUT2D eigenvalue weighted by Crippen LogP contribution is -2.23. The van der Waals surface area contributed by atoms with E-state index in [0.717, 1.165) is 22.1 Å². The van der Waals surface area contributed by atoms with Crippen molar-refractivity contribution in [1.29, 1.82) is 0 Å². The van der Waals surface area contributed by atoms with Gasteiger partial charge in [-0.25, -0.2) is 0 Å². The van der Waals surface area contributed by atoms with Crippen LogP contribution in [0.2, 0.25) is 0 Å². The maximum Gasteiger partial charge on any atom is 0.136 e. The van der Waals surface area contributed by atoms with E-state index in [4.69, 9.17) is 4.42 Å². The van der Waals surface area contributed by atoms with Gasteiger partial charge in [-0.15, -0.1) is 0 Å². The zero-order chi connectivity index (χ0) is 27.8. The largest absolute Gasteiger partial charge is 0.456 e. The molecule has 0 aliphatic heterocycles. The summed E-state index contributed by atoms with van der Waals surface area (Å²) in [5.74, 6) is 0.672. The van der Waals surface area contributed by atoms with Crippen LogP contribution in [0.4, 0.5) is 0 Å². The van der Waals surface area contributed by atoms with E-state index in [1.165, 1.54) is 44.0 Å². The summed E-state index contributed by atoms with van der Waals surface area (Å²) >= 11 is 0. The molecule has 2 aliphatic carbocycles. The first-order chi connectivity index (χ1) is 20.2. The molecule has 0 radical (unpaired) electrons. The molecule has 0 amide bonds. The topological polar surface area (TPSA) is 13.1 Å². The minimum Gasteiger partial charge on any atom is -0.456 e. The molecule has 1 heteroatoms. The van der Waals surface area contributed by atoms with Gasteiger partial charge in [0.1, 0.15) is 11.2 Å². The Kier molecular flexibility index (Phi) is 6.49. The average molecular weight is 529 g/mol. The Hall–Kier alpha value is -4.88. The van der Waals surface area contributed by atoms with Gasteiger partial charge < -0.3 is 4.42 Å². The predicted molar refractivity (Wildman–Crippen MR) is 176 cm³/mol. The molecular formula is C40H32O. The second kappa shape index (κ2) is 10.6. The molecule has 1 heterocycles. The monoisotopic (exact) mass is 528 g/mol. The average Bonchev–Trinajstić information content (AvgIpc) is 3.36. The van der Waals surface area contributed by atoms with Crippen molar-refractivity contribution in [1.82, 2.24) is 0 Å². The molecule has 41 heavy (non-hydrogen) atoms. The smallest absolute Gasteiger partial charge is 0.136 e. The molecule has 0 saturated heterocycles. The second-order valence-corrected chi connectivity index (χ2v) is 10.9. The Morgan fingerprint density at radius 3 is 2.22 bits per heavy atom. The van der Waals surface area contributed by atoms with E-state index in [1.54, 1.807) is 0 Å². The van der Waals surface area contributed by atoms with Crippen molar-refractivity contribution < 1.29 is 4.42 Å². The van der Waals surface area contributed by atoms with E-state index in [0.29, 0.717) is 11.8 Å². The van der Waals surface area contributed by atoms with E-state index >= 15 is 0 Å². The molecule has 5 aromatic rings. The van der Waals surface area contributed by atoms with Crippen molar-refractivity contribution >= 4 is 44.4 Å². The number of furan rings is 1. The van der Waals surface area contributed by atoms with Crippen LogP contribution < -0.4 is 0 Å². The Morgan fingerprint density at radius 1 is 0.659 bits per heavy atom. The van der Waals surface area contributed by atoms with E-state index in [1.807, 2.05) is 0 Å². The summed E-state index contributed by atoms with van der Waals surface area (Å²) in [6.45, 7) is 4.42. The van der Waals surface area contributed by atoms with Gasteiger partial charge in [-0.2, -0.15) is 0 Å². The third-order valence-corrected chi connectivity index (χ3v) is 8.44. The van der Waals surface area contributed by atoms with Gasteiger partial charge in [0.25, 0.3) is 0 Å². The number of allylic oxidation sites excluding steroid dienone is 13. The summed E-state index contributed by atoms with van der Waals surface area (Å²) in [5, 5.41) is 4.76. The lowest BCUT2D eigenvalue weighted by atomic mass is 9.69. The van der Waals surface area contributed by atoms with Crippen LogP contribution in [0, 0.1) is 11.8 Å². The molecule has 198 valence electrons. The highest BCUT2D eigenvalue weighted by atomic mass is 16.3. The number of hydrogen-bond donors (Lipinski definition) is 0. The summed E-state index contributed by atoms with van der Waals surface area (Å²) < 4.78 is 6.28. The fraction of sp³-hybridized carbons (Fsp3) is 0.100. The fourth-order valence-electron chi connectivity index (χ4n) is 6.32. The van der Waals surface area contributed by atoms with Gasteiger partial charge in [0, 0.05) is 16.7 Å². The SMILES string of the molecule is C/C=C/C=C1/C=CC(c2ccccc2)=C2C=C/C(=C/C=C/c3ccc4c(c3)oc3cc5ccccc5cc34)C(C)C21. The standard InChI is InChI=1S/C40H32O/c1-3-4-12-31-20-22-34(30-13-6-5-7-14-30)36-23-19-29(27(2)40(31)36)17-10-11-28-18-21-35-37-25-32-15-8-9-16-33(32)26-39(37)41-38(35)24-28/h3-27,40H,1-2H3/b4-3+,11-10+,29-17-,31-12-. The molecule has 1 aromatic heterocycles. The highest BCUT2D eigenvalue weighted by molar-refractivity contribution is 6.10. The van der Waals surface area contributed by atoms with Gasteiger partial charge in [-0.05, 0) is 81.3 Å². The fourth-order valence-corrected chi connectivity index (χ4v) is 6.32. The van der Waals surface area contributed by atoms with Gasteiger partial charge in [-0.1, -0.05) is 128 Å². The molecule has 0 N–H and O–H groups in total. The van der Waals surface area contributed by atoms with Crippen LogP contribution in [0.25, 0.3) is 44.4 Å². The molecule has 0 spiro atoms. The van der Waals surface area contributed by atoms with E-state index in [9.17, 15) is 0 Å². The van der Waals surface area contributed by atoms with E-state index in [-0.39, 0.29) is 0 Å². The van der Waals surface area contributed by atoms with Crippen LogP contribution in [-0.2, 0) is 0 Å². The van der Waals surface area contributed by atoms with Gasteiger partial charge in [0.05, 0.1) is 0 Å². The van der Waals surface area contributed by atoms with Crippen LogP contribution in [0.1, 0.15) is 25.0 Å². The Bertz CT molecular complexity index is 2000. The molecular weight excluding hydrogens is 496 g/mol. The molecule has 4 aromatic carbocycles. The Balaban J connectivity index is 1.21. The maximum atomic E-state index is 6.28. The lowest BCUT2D eigenvalue weighted by molar-refractivity contribution is 0.543. The lowest BCUT2D eigenvalue weighted by Gasteiger charge is -2.35. The Morgan fingerprint density at radius 2 is 1.39 bits per heavy atom. The number of rotatable bonds is 4. The first-order valence-corrected chi connectivity index (χ1v) is 14.4. The summed E-state index contributed by atoms with van der Waals surface area (Å²) in [5.41, 5.74) is 9.66. The highest BCUT2D eigenvalue weighted by Crippen LogP contribution is 2.45. The molecule has 0 saturated carbocycles. The van der Waals surface area contributed by atoms with Gasteiger partial charge in [-0.3, -0.25) is 0 Å². The third-order valence-electron chi connectivity index (χ3n) is 8.44. The van der Waals surface area contributed by atoms with Crippen molar-refractivity contribution in [3.05, 3.63) is 167 Å². The van der Waals surface area contributed by atoms with Crippen molar-refractivity contribution in [3.63, 3.8) is 0 Å². The van der Waals surface area contributed by atoms with Gasteiger partial charge >= 0.3 is 0 Å². The molecule has 2 unspecified atom stereocenters. The zero-order valence-electron chi connectivity index (χ0n) is 23.4. The molecule has 2 aliphatic rings. The van der Waals surface area contributed by atoms with Crippen molar-refractivity contribution in [3.8, 4) is 0 Å². The number of hydrogen-bond acceptors (Lipinski definition) is 1. The minimum atomic E-state index is 0.318. The Labute approximate surface area is 241 Å². The van der Waals surface area contributed by atoms with Gasteiger partial charge in [0.2, 0.25) is 0 Å². The van der Waals surface area contributed by atoms with Crippen LogP contribution in [0.5, 0.6) is 0 Å².